The Bertz CT molecular complexity index is 678. The lowest BCUT2D eigenvalue weighted by Gasteiger charge is -2.37. The van der Waals surface area contributed by atoms with Crippen molar-refractivity contribution in [3.63, 3.8) is 0 Å². The monoisotopic (exact) mass is 367 g/mol. The Labute approximate surface area is 151 Å². The van der Waals surface area contributed by atoms with Crippen LogP contribution in [0.25, 0.3) is 0 Å². The summed E-state index contributed by atoms with van der Waals surface area (Å²) >= 11 is 0. The van der Waals surface area contributed by atoms with E-state index >= 15 is 0 Å². The first-order valence-corrected chi connectivity index (χ1v) is 10.7. The third kappa shape index (κ3) is 5.80. The summed E-state index contributed by atoms with van der Waals surface area (Å²) in [5.74, 6) is 0.279. The van der Waals surface area contributed by atoms with E-state index < -0.39 is 9.84 Å². The number of rotatable bonds is 6. The topological polar surface area (TPSA) is 60.9 Å². The first-order valence-electron chi connectivity index (χ1n) is 8.59. The van der Waals surface area contributed by atoms with Gasteiger partial charge in [-0.2, -0.15) is 0 Å². The molecule has 0 radical (unpaired) electrons. The molecule has 0 N–H and O–H groups in total. The predicted octanol–water partition coefficient (Wildman–Crippen LogP) is 0.787. The van der Waals surface area contributed by atoms with Crippen LogP contribution in [0.4, 0.5) is 0 Å². The summed E-state index contributed by atoms with van der Waals surface area (Å²) in [6, 6.07) is 7.80. The highest BCUT2D eigenvalue weighted by Crippen LogP contribution is 2.22. The number of carbonyl (C=O) groups is 1. The molecule has 1 amide bonds. The molecule has 0 bridgehead atoms. The maximum absolute atomic E-state index is 13.0. The molecule has 1 atom stereocenters. The molecule has 7 heteroatoms. The number of piperazine rings is 1. The van der Waals surface area contributed by atoms with Gasteiger partial charge in [-0.3, -0.25) is 14.6 Å². The van der Waals surface area contributed by atoms with Crippen LogP contribution in [0.5, 0.6) is 0 Å². The number of hydrogen-bond acceptors (Lipinski definition) is 5. The minimum absolute atomic E-state index is 0.108. The second-order valence-corrected chi connectivity index (χ2v) is 9.33. The van der Waals surface area contributed by atoms with Crippen LogP contribution in [-0.2, 0) is 14.6 Å². The summed E-state index contributed by atoms with van der Waals surface area (Å²) in [6.07, 6.45) is 1.26. The highest BCUT2D eigenvalue weighted by atomic mass is 32.2. The van der Waals surface area contributed by atoms with E-state index in [1.165, 1.54) is 11.8 Å². The largest absolute Gasteiger partial charge is 0.338 e. The number of benzene rings is 1. The molecule has 1 aromatic rings. The second kappa shape index (κ2) is 8.29. The molecule has 1 saturated heterocycles. The van der Waals surface area contributed by atoms with Crippen LogP contribution in [0.1, 0.15) is 17.2 Å². The molecule has 1 unspecified atom stereocenters. The quantitative estimate of drug-likeness (QED) is 0.744. The molecule has 1 heterocycles. The Morgan fingerprint density at radius 3 is 2.16 bits per heavy atom. The van der Waals surface area contributed by atoms with Gasteiger partial charge in [0.1, 0.15) is 15.9 Å². The molecule has 0 aromatic heterocycles. The molecular formula is C18H29N3O3S. The third-order valence-electron chi connectivity index (χ3n) is 4.61. The van der Waals surface area contributed by atoms with E-state index in [0.717, 1.165) is 18.7 Å². The molecule has 0 saturated carbocycles. The molecule has 1 aliphatic rings. The average molecular weight is 368 g/mol. The molecule has 1 aromatic carbocycles. The molecule has 6 nitrogen and oxygen atoms in total. The molecule has 140 valence electrons. The lowest BCUT2D eigenvalue weighted by molar-refractivity contribution is -0.138. The highest BCUT2D eigenvalue weighted by Gasteiger charge is 2.30. The van der Waals surface area contributed by atoms with Crippen LogP contribution in [0.2, 0.25) is 0 Å². The van der Waals surface area contributed by atoms with E-state index in [1.807, 2.05) is 55.1 Å². The Hall–Kier alpha value is -1.44. The van der Waals surface area contributed by atoms with Crippen molar-refractivity contribution in [3.05, 3.63) is 35.4 Å². The molecule has 0 aliphatic carbocycles. The van der Waals surface area contributed by atoms with Gasteiger partial charge in [0.05, 0.1) is 5.75 Å². The number of amides is 1. The van der Waals surface area contributed by atoms with E-state index in [2.05, 4.69) is 4.90 Å². The fourth-order valence-corrected chi connectivity index (χ4v) is 3.66. The second-order valence-electron chi connectivity index (χ2n) is 7.07. The third-order valence-corrected chi connectivity index (χ3v) is 5.53. The van der Waals surface area contributed by atoms with Gasteiger partial charge >= 0.3 is 0 Å². The summed E-state index contributed by atoms with van der Waals surface area (Å²) in [4.78, 5) is 19.0. The van der Waals surface area contributed by atoms with Crippen LogP contribution in [-0.4, -0.2) is 87.9 Å². The van der Waals surface area contributed by atoms with Crippen LogP contribution in [0, 0.1) is 6.92 Å². The van der Waals surface area contributed by atoms with Gasteiger partial charge in [0, 0.05) is 39.0 Å². The first kappa shape index (κ1) is 19.9. The minimum Gasteiger partial charge on any atom is -0.338 e. The summed E-state index contributed by atoms with van der Waals surface area (Å²) in [5, 5.41) is 0. The van der Waals surface area contributed by atoms with Crippen molar-refractivity contribution in [2.75, 3.05) is 58.8 Å². The van der Waals surface area contributed by atoms with Gasteiger partial charge in [0.15, 0.2) is 0 Å². The van der Waals surface area contributed by atoms with Crippen molar-refractivity contribution in [1.29, 1.82) is 0 Å². The fourth-order valence-electron chi connectivity index (χ4n) is 3.07. The van der Waals surface area contributed by atoms with Crippen molar-refractivity contribution >= 4 is 15.7 Å². The van der Waals surface area contributed by atoms with E-state index in [9.17, 15) is 13.2 Å². The molecule has 1 fully saturated rings. The molecule has 2 rings (SSSR count). The minimum atomic E-state index is -2.95. The molecular weight excluding hydrogens is 338 g/mol. The van der Waals surface area contributed by atoms with Crippen molar-refractivity contribution < 1.29 is 13.2 Å². The number of carbonyl (C=O) groups excluding carboxylic acids is 1. The summed E-state index contributed by atoms with van der Waals surface area (Å²) in [6.45, 7) is 5.28. The lowest BCUT2D eigenvalue weighted by Crippen LogP contribution is -2.52. The van der Waals surface area contributed by atoms with Crippen LogP contribution < -0.4 is 0 Å². The zero-order valence-electron chi connectivity index (χ0n) is 15.6. The SMILES string of the molecule is Cc1ccc(C(C(=O)N2CCN(CCS(C)(=O)=O)CC2)N(C)C)cc1. The predicted molar refractivity (Wildman–Crippen MR) is 100 cm³/mol. The fraction of sp³-hybridized carbons (Fsp3) is 0.611. The molecule has 25 heavy (non-hydrogen) atoms. The van der Waals surface area contributed by atoms with E-state index in [0.29, 0.717) is 19.6 Å². The maximum Gasteiger partial charge on any atom is 0.244 e. The Kier molecular flexibility index (Phi) is 6.59. The Balaban J connectivity index is 1.98. The van der Waals surface area contributed by atoms with Gasteiger partial charge < -0.3 is 4.90 Å². The molecule has 1 aliphatic heterocycles. The van der Waals surface area contributed by atoms with Gasteiger partial charge in [-0.15, -0.1) is 0 Å². The average Bonchev–Trinajstić information content (AvgIpc) is 2.54. The van der Waals surface area contributed by atoms with Gasteiger partial charge in [-0.05, 0) is 26.6 Å². The lowest BCUT2D eigenvalue weighted by atomic mass is 10.0. The Morgan fingerprint density at radius 1 is 1.12 bits per heavy atom. The highest BCUT2D eigenvalue weighted by molar-refractivity contribution is 7.90. The normalized spacial score (nSPS) is 17.7. The Morgan fingerprint density at radius 2 is 1.68 bits per heavy atom. The van der Waals surface area contributed by atoms with E-state index in [4.69, 9.17) is 0 Å². The van der Waals surface area contributed by atoms with Gasteiger partial charge in [0.2, 0.25) is 5.91 Å². The number of nitrogens with zero attached hydrogens (tertiary/aromatic N) is 3. The van der Waals surface area contributed by atoms with Gasteiger partial charge in [-0.25, -0.2) is 8.42 Å². The summed E-state index contributed by atoms with van der Waals surface area (Å²) in [5.41, 5.74) is 2.17. The number of sulfone groups is 1. The van der Waals surface area contributed by atoms with Crippen molar-refractivity contribution in [1.82, 2.24) is 14.7 Å². The van der Waals surface area contributed by atoms with E-state index in [1.54, 1.807) is 0 Å². The smallest absolute Gasteiger partial charge is 0.244 e. The zero-order chi connectivity index (χ0) is 18.6. The van der Waals surface area contributed by atoms with Crippen LogP contribution in [0.3, 0.4) is 0 Å². The molecule has 0 spiro atoms. The van der Waals surface area contributed by atoms with Crippen LogP contribution >= 0.6 is 0 Å². The van der Waals surface area contributed by atoms with Crippen molar-refractivity contribution in [2.24, 2.45) is 0 Å². The maximum atomic E-state index is 13.0. The van der Waals surface area contributed by atoms with Crippen LogP contribution in [0.15, 0.2) is 24.3 Å². The van der Waals surface area contributed by atoms with E-state index in [-0.39, 0.29) is 17.7 Å². The summed E-state index contributed by atoms with van der Waals surface area (Å²) < 4.78 is 22.6. The standard InChI is InChI=1S/C18H29N3O3S/c1-15-5-7-16(8-6-15)17(19(2)3)18(22)21-11-9-20(10-12-21)13-14-25(4,23)24/h5-8,17H,9-14H2,1-4H3. The zero-order valence-corrected chi connectivity index (χ0v) is 16.4. The number of aryl methyl sites for hydroxylation is 1. The number of hydrogen-bond donors (Lipinski definition) is 0. The van der Waals surface area contributed by atoms with Gasteiger partial charge in [0.25, 0.3) is 0 Å². The summed E-state index contributed by atoms with van der Waals surface area (Å²) in [7, 11) is 0.896. The number of likely N-dealkylation sites (N-methyl/N-ethyl adjacent to an activating group) is 1. The van der Waals surface area contributed by atoms with Crippen molar-refractivity contribution in [3.8, 4) is 0 Å². The van der Waals surface area contributed by atoms with Crippen molar-refractivity contribution in [2.45, 2.75) is 13.0 Å². The van der Waals surface area contributed by atoms with Gasteiger partial charge in [-0.1, -0.05) is 29.8 Å². The first-order chi connectivity index (χ1) is 11.7.